The summed E-state index contributed by atoms with van der Waals surface area (Å²) in [6, 6.07) is 0. The standard InChI is InChI=1S/C23H34O3/c1-14-6-7-22-8-9-23(25-10-11-26-23)19(22)21(14,5)18(24)13-20(4)15(2)12-17(22)16(20)3/h12,14-16,19H,6-11,13H2,1-5H3/t14-,15-,16+,19?,20+,21+,22+/m1/s1. The van der Waals surface area contributed by atoms with Gasteiger partial charge in [-0.25, -0.2) is 0 Å². The number of ketones is 1. The predicted molar refractivity (Wildman–Crippen MR) is 100 cm³/mol. The summed E-state index contributed by atoms with van der Waals surface area (Å²) < 4.78 is 12.7. The summed E-state index contributed by atoms with van der Waals surface area (Å²) in [4.78, 5) is 13.9. The van der Waals surface area contributed by atoms with Crippen molar-refractivity contribution in [1.29, 1.82) is 0 Å². The van der Waals surface area contributed by atoms with Crippen LogP contribution in [0.1, 0.15) is 66.7 Å². The molecule has 0 radical (unpaired) electrons. The molecule has 1 heterocycles. The Balaban J connectivity index is 1.78. The third-order valence-corrected chi connectivity index (χ3v) is 9.98. The fourth-order valence-corrected chi connectivity index (χ4v) is 7.94. The quantitative estimate of drug-likeness (QED) is 0.586. The van der Waals surface area contributed by atoms with Crippen molar-refractivity contribution in [2.45, 2.75) is 72.5 Å². The van der Waals surface area contributed by atoms with Crippen LogP contribution >= 0.6 is 0 Å². The lowest BCUT2D eigenvalue weighted by Gasteiger charge is -2.59. The highest BCUT2D eigenvalue weighted by atomic mass is 16.7. The van der Waals surface area contributed by atoms with E-state index in [0.29, 0.717) is 43.2 Å². The molecule has 7 atom stereocenters. The third-order valence-electron chi connectivity index (χ3n) is 9.98. The van der Waals surface area contributed by atoms with Crippen LogP contribution in [0.4, 0.5) is 0 Å². The summed E-state index contributed by atoms with van der Waals surface area (Å²) in [6.07, 6.45) is 7.65. The minimum absolute atomic E-state index is 0.0653. The van der Waals surface area contributed by atoms with Crippen LogP contribution in [0, 0.1) is 39.9 Å². The second-order valence-electron chi connectivity index (χ2n) is 10.6. The second kappa shape index (κ2) is 5.03. The van der Waals surface area contributed by atoms with Gasteiger partial charge in [0.2, 0.25) is 0 Å². The molecule has 144 valence electrons. The van der Waals surface area contributed by atoms with E-state index in [1.54, 1.807) is 5.57 Å². The number of carbonyl (C=O) groups is 1. The Morgan fingerprint density at radius 1 is 1.04 bits per heavy atom. The number of ether oxygens (including phenoxy) is 2. The highest BCUT2D eigenvalue weighted by Gasteiger charge is 2.73. The highest BCUT2D eigenvalue weighted by Crippen LogP contribution is 2.74. The molecule has 3 nitrogen and oxygen atoms in total. The first kappa shape index (κ1) is 17.4. The van der Waals surface area contributed by atoms with Crippen molar-refractivity contribution in [3.8, 4) is 0 Å². The van der Waals surface area contributed by atoms with E-state index < -0.39 is 5.79 Å². The lowest BCUT2D eigenvalue weighted by Crippen LogP contribution is -2.61. The molecule has 5 rings (SSSR count). The maximum Gasteiger partial charge on any atom is 0.173 e. The zero-order chi connectivity index (χ0) is 18.5. The van der Waals surface area contributed by atoms with Crippen LogP contribution in [0.2, 0.25) is 0 Å². The van der Waals surface area contributed by atoms with E-state index in [9.17, 15) is 4.79 Å². The molecule has 4 fully saturated rings. The summed E-state index contributed by atoms with van der Waals surface area (Å²) >= 11 is 0. The number of hydrogen-bond donors (Lipinski definition) is 0. The maximum absolute atomic E-state index is 13.9. The zero-order valence-corrected chi connectivity index (χ0v) is 17.1. The van der Waals surface area contributed by atoms with E-state index in [1.165, 1.54) is 6.42 Å². The smallest absolute Gasteiger partial charge is 0.173 e. The van der Waals surface area contributed by atoms with Gasteiger partial charge in [-0.2, -0.15) is 0 Å². The van der Waals surface area contributed by atoms with Gasteiger partial charge in [0.05, 0.1) is 13.2 Å². The molecule has 4 bridgehead atoms. The van der Waals surface area contributed by atoms with Crippen molar-refractivity contribution < 1.29 is 14.3 Å². The molecule has 26 heavy (non-hydrogen) atoms. The molecular formula is C23H34O3. The van der Waals surface area contributed by atoms with E-state index in [1.807, 2.05) is 0 Å². The van der Waals surface area contributed by atoms with Crippen LogP contribution in [0.3, 0.4) is 0 Å². The van der Waals surface area contributed by atoms with Gasteiger partial charge in [0.25, 0.3) is 0 Å². The fraction of sp³-hybridized carbons (Fsp3) is 0.870. The van der Waals surface area contributed by atoms with Crippen molar-refractivity contribution in [3.63, 3.8) is 0 Å². The molecule has 0 N–H and O–H groups in total. The first-order valence-corrected chi connectivity index (χ1v) is 10.7. The van der Waals surface area contributed by atoms with Gasteiger partial charge < -0.3 is 9.47 Å². The van der Waals surface area contributed by atoms with E-state index >= 15 is 0 Å². The Morgan fingerprint density at radius 3 is 2.42 bits per heavy atom. The first-order valence-electron chi connectivity index (χ1n) is 10.7. The first-order chi connectivity index (χ1) is 12.2. The van der Waals surface area contributed by atoms with Gasteiger partial charge in [-0.05, 0) is 42.4 Å². The molecule has 1 saturated heterocycles. The topological polar surface area (TPSA) is 35.5 Å². The number of Topliss-reactive ketones (excluding diaryl/α,β-unsaturated/α-hetero) is 1. The van der Waals surface area contributed by atoms with E-state index in [2.05, 4.69) is 40.7 Å². The van der Waals surface area contributed by atoms with E-state index in [4.69, 9.17) is 9.47 Å². The molecule has 1 unspecified atom stereocenters. The molecular weight excluding hydrogens is 324 g/mol. The van der Waals surface area contributed by atoms with Gasteiger partial charge in [-0.15, -0.1) is 0 Å². The summed E-state index contributed by atoms with van der Waals surface area (Å²) in [7, 11) is 0. The lowest BCUT2D eigenvalue weighted by atomic mass is 9.45. The highest BCUT2D eigenvalue weighted by molar-refractivity contribution is 5.87. The molecule has 3 heteroatoms. The normalized spacial score (nSPS) is 54.8. The van der Waals surface area contributed by atoms with Crippen LogP contribution in [0.25, 0.3) is 0 Å². The summed E-state index contributed by atoms with van der Waals surface area (Å²) in [6.45, 7) is 13.0. The number of allylic oxidation sites excluding steroid dienone is 2. The Labute approximate surface area is 157 Å². The third kappa shape index (κ3) is 1.72. The van der Waals surface area contributed by atoms with Gasteiger partial charge in [-0.1, -0.05) is 46.3 Å². The van der Waals surface area contributed by atoms with Crippen LogP contribution < -0.4 is 0 Å². The average molecular weight is 359 g/mol. The van der Waals surface area contributed by atoms with Crippen molar-refractivity contribution in [2.24, 2.45) is 39.9 Å². The minimum Gasteiger partial charge on any atom is -0.347 e. The molecule has 5 aliphatic rings. The van der Waals surface area contributed by atoms with Crippen LogP contribution in [-0.4, -0.2) is 24.8 Å². The summed E-state index contributed by atoms with van der Waals surface area (Å²) in [5, 5.41) is 0. The zero-order valence-electron chi connectivity index (χ0n) is 17.1. The monoisotopic (exact) mass is 358 g/mol. The molecule has 0 aromatic heterocycles. The van der Waals surface area contributed by atoms with Gasteiger partial charge in [0.1, 0.15) is 5.78 Å². The Bertz CT molecular complexity index is 690. The summed E-state index contributed by atoms with van der Waals surface area (Å²) in [5.74, 6) is 1.44. The second-order valence-corrected chi connectivity index (χ2v) is 10.6. The number of fused-ring (bicyclic) bond motifs is 2. The molecule has 0 aromatic carbocycles. The van der Waals surface area contributed by atoms with E-state index in [0.717, 1.165) is 19.3 Å². The summed E-state index contributed by atoms with van der Waals surface area (Å²) in [5.41, 5.74) is 1.45. The Morgan fingerprint density at radius 2 is 1.73 bits per heavy atom. The molecule has 1 aliphatic heterocycles. The Kier molecular flexibility index (Phi) is 3.37. The predicted octanol–water partition coefficient (Wildman–Crippen LogP) is 4.75. The van der Waals surface area contributed by atoms with Gasteiger partial charge in [0.15, 0.2) is 5.79 Å². The minimum atomic E-state index is -0.529. The van der Waals surface area contributed by atoms with Crippen molar-refractivity contribution in [3.05, 3.63) is 11.6 Å². The number of carbonyl (C=O) groups excluding carboxylic acids is 1. The van der Waals surface area contributed by atoms with Crippen molar-refractivity contribution in [1.82, 2.24) is 0 Å². The van der Waals surface area contributed by atoms with Gasteiger partial charge >= 0.3 is 0 Å². The van der Waals surface area contributed by atoms with Crippen LogP contribution in [0.5, 0.6) is 0 Å². The number of hydrogen-bond acceptors (Lipinski definition) is 3. The molecule has 1 spiro atoms. The van der Waals surface area contributed by atoms with Crippen LogP contribution in [-0.2, 0) is 14.3 Å². The molecule has 4 aliphatic carbocycles. The van der Waals surface area contributed by atoms with Gasteiger partial charge in [-0.3, -0.25) is 4.79 Å². The lowest BCUT2D eigenvalue weighted by molar-refractivity contribution is -0.237. The largest absolute Gasteiger partial charge is 0.347 e. The van der Waals surface area contributed by atoms with Crippen molar-refractivity contribution in [2.75, 3.05) is 13.2 Å². The number of rotatable bonds is 0. The SMILES string of the molecule is C[C@@H]1C=C2[C@H](C)[C@@]1(C)CC(=O)[C@@]1(C)C3C4(CC[C@@]23CC[C@H]1C)OCCO4. The Hall–Kier alpha value is -0.670. The molecule has 0 aromatic rings. The molecule has 0 amide bonds. The van der Waals surface area contributed by atoms with E-state index in [-0.39, 0.29) is 22.2 Å². The fourth-order valence-electron chi connectivity index (χ4n) is 7.94. The van der Waals surface area contributed by atoms with Gasteiger partial charge in [0, 0.05) is 29.6 Å². The maximum atomic E-state index is 13.9. The average Bonchev–Trinajstić information content (AvgIpc) is 3.26. The molecule has 3 saturated carbocycles. The van der Waals surface area contributed by atoms with Crippen molar-refractivity contribution >= 4 is 5.78 Å². The van der Waals surface area contributed by atoms with Crippen LogP contribution in [0.15, 0.2) is 11.6 Å².